The molecule has 0 fully saturated rings. The Balaban J connectivity index is 0.000000289. The van der Waals surface area contributed by atoms with Crippen molar-refractivity contribution in [3.8, 4) is 0 Å². The zero-order chi connectivity index (χ0) is 20.4. The van der Waals surface area contributed by atoms with Crippen LogP contribution in [0.2, 0.25) is 0 Å². The molecule has 0 aliphatic heterocycles. The summed E-state index contributed by atoms with van der Waals surface area (Å²) in [6, 6.07) is 4.67. The summed E-state index contributed by atoms with van der Waals surface area (Å²) in [5, 5.41) is 4.27. The number of oxazole rings is 1. The number of aldehydes is 1. The first-order chi connectivity index (χ1) is 12.6. The number of rotatable bonds is 5. The minimum atomic E-state index is -4.54. The van der Waals surface area contributed by atoms with Gasteiger partial charge in [0.15, 0.2) is 4.84 Å². The molecular weight excluding hydrogens is 414 g/mol. The first-order valence-electron chi connectivity index (χ1n) is 7.03. The van der Waals surface area contributed by atoms with Crippen LogP contribution in [0.4, 0.5) is 24.9 Å². The van der Waals surface area contributed by atoms with Gasteiger partial charge in [-0.2, -0.15) is 13.2 Å². The molecule has 2 aromatic rings. The molecule has 146 valence electrons. The summed E-state index contributed by atoms with van der Waals surface area (Å²) < 4.78 is 42.1. The van der Waals surface area contributed by atoms with E-state index in [-0.39, 0.29) is 18.1 Å². The van der Waals surface area contributed by atoms with Crippen molar-refractivity contribution in [2.45, 2.75) is 17.4 Å². The summed E-state index contributed by atoms with van der Waals surface area (Å²) >= 11 is 10.4. The normalized spacial score (nSPS) is 10.6. The number of amides is 2. The molecule has 12 heteroatoms. The average Bonchev–Trinajstić information content (AvgIpc) is 3.08. The molecule has 27 heavy (non-hydrogen) atoms. The van der Waals surface area contributed by atoms with Gasteiger partial charge in [-0.05, 0) is 12.1 Å². The monoisotopic (exact) mass is 425 g/mol. The minimum Gasteiger partial charge on any atom is -0.432 e. The second-order valence-corrected chi connectivity index (χ2v) is 5.69. The third kappa shape index (κ3) is 8.09. The predicted octanol–water partition coefficient (Wildman–Crippen LogP) is 3.65. The summed E-state index contributed by atoms with van der Waals surface area (Å²) in [6.45, 7) is 0. The molecular formula is C15H12Cl2F3N3O4. The Morgan fingerprint density at radius 2 is 1.89 bits per heavy atom. The summed E-state index contributed by atoms with van der Waals surface area (Å²) in [6.07, 6.45) is -1.48. The van der Waals surface area contributed by atoms with Crippen molar-refractivity contribution < 1.29 is 32.0 Å². The van der Waals surface area contributed by atoms with Crippen LogP contribution in [0.25, 0.3) is 0 Å². The lowest BCUT2D eigenvalue weighted by Gasteiger charge is -2.13. The number of halogens is 5. The van der Waals surface area contributed by atoms with Crippen molar-refractivity contribution in [2.75, 3.05) is 10.6 Å². The molecule has 0 spiro atoms. The highest BCUT2D eigenvalue weighted by atomic mass is 35.5. The highest BCUT2D eigenvalue weighted by molar-refractivity contribution is 6.54. The Kier molecular flexibility index (Phi) is 8.76. The number of hydrogen-bond donors (Lipinski definition) is 2. The molecule has 0 aliphatic carbocycles. The fourth-order valence-corrected chi connectivity index (χ4v) is 1.67. The van der Waals surface area contributed by atoms with Gasteiger partial charge in [-0.3, -0.25) is 14.9 Å². The van der Waals surface area contributed by atoms with Crippen molar-refractivity contribution in [1.29, 1.82) is 0 Å². The van der Waals surface area contributed by atoms with E-state index in [2.05, 4.69) is 10.3 Å². The summed E-state index contributed by atoms with van der Waals surface area (Å²) in [4.78, 5) is 33.8. The molecule has 1 aromatic carbocycles. The number of carbonyl (C=O) groups is 3. The predicted molar refractivity (Wildman–Crippen MR) is 91.4 cm³/mol. The third-order valence-electron chi connectivity index (χ3n) is 2.64. The molecule has 2 N–H and O–H groups in total. The van der Waals surface area contributed by atoms with Gasteiger partial charge in [-0.1, -0.05) is 35.3 Å². The smallest absolute Gasteiger partial charge is 0.418 e. The van der Waals surface area contributed by atoms with Crippen molar-refractivity contribution >= 4 is 53.0 Å². The molecule has 7 nitrogen and oxygen atoms in total. The molecule has 0 saturated heterocycles. The van der Waals surface area contributed by atoms with Gasteiger partial charge in [0.2, 0.25) is 5.91 Å². The minimum absolute atomic E-state index is 0.108. The number of aromatic nitrogens is 1. The van der Waals surface area contributed by atoms with Gasteiger partial charge in [0.05, 0.1) is 23.9 Å². The molecule has 0 bridgehead atoms. The Labute approximate surface area is 160 Å². The number of para-hydroxylation sites is 1. The highest BCUT2D eigenvalue weighted by Gasteiger charge is 2.33. The quantitative estimate of drug-likeness (QED) is 0.432. The number of alkyl halides is 5. The number of nitrogens with one attached hydrogen (secondary N) is 2. The van der Waals surface area contributed by atoms with Crippen molar-refractivity contribution in [1.82, 2.24) is 4.98 Å². The van der Waals surface area contributed by atoms with E-state index in [0.29, 0.717) is 6.29 Å². The van der Waals surface area contributed by atoms with E-state index in [1.165, 1.54) is 24.6 Å². The first-order valence-corrected chi connectivity index (χ1v) is 7.90. The number of nitrogens with zero attached hydrogens (tertiary/aromatic N) is 1. The van der Waals surface area contributed by atoms with E-state index in [9.17, 15) is 27.6 Å². The van der Waals surface area contributed by atoms with E-state index in [4.69, 9.17) is 27.6 Å². The number of hydrogen-bond acceptors (Lipinski definition) is 5. The van der Waals surface area contributed by atoms with Crippen molar-refractivity contribution in [3.05, 3.63) is 42.3 Å². The SMILES string of the molecule is O=C(Nc1ccccc1C(F)(F)F)C(Cl)Cl.O=CCC(=O)Nc1ncco1. The Bertz CT molecular complexity index is 768. The van der Waals surface area contributed by atoms with Crippen LogP contribution >= 0.6 is 23.2 Å². The number of anilines is 2. The fourth-order valence-electron chi connectivity index (χ4n) is 1.56. The van der Waals surface area contributed by atoms with Gasteiger partial charge in [0, 0.05) is 0 Å². The fraction of sp³-hybridized carbons (Fsp3) is 0.200. The van der Waals surface area contributed by atoms with E-state index < -0.39 is 28.4 Å². The number of carbonyl (C=O) groups excluding carboxylic acids is 3. The topological polar surface area (TPSA) is 101 Å². The molecule has 2 rings (SSSR count). The Morgan fingerprint density at radius 3 is 2.41 bits per heavy atom. The standard InChI is InChI=1S/C9H6Cl2F3NO.C6H6N2O3/c10-7(11)8(16)15-6-4-2-1-3-5(6)9(12,13)14;9-3-1-5(10)8-6-7-2-4-11-6/h1-4,7H,(H,15,16);2-4H,1H2,(H,7,8,10). The lowest BCUT2D eigenvalue weighted by atomic mass is 10.1. The van der Waals surface area contributed by atoms with Crippen LogP contribution in [-0.2, 0) is 20.6 Å². The van der Waals surface area contributed by atoms with Gasteiger partial charge < -0.3 is 14.5 Å². The molecule has 0 saturated carbocycles. The second-order valence-electron chi connectivity index (χ2n) is 4.59. The zero-order valence-electron chi connectivity index (χ0n) is 13.3. The van der Waals surface area contributed by atoms with Gasteiger partial charge in [0.25, 0.3) is 5.91 Å². The van der Waals surface area contributed by atoms with E-state index in [1.54, 1.807) is 0 Å². The maximum atomic E-state index is 12.5. The van der Waals surface area contributed by atoms with Crippen LogP contribution in [0.15, 0.2) is 41.1 Å². The Hall–Kier alpha value is -2.59. The lowest BCUT2D eigenvalue weighted by Crippen LogP contribution is -2.21. The van der Waals surface area contributed by atoms with E-state index >= 15 is 0 Å². The average molecular weight is 426 g/mol. The molecule has 2 amide bonds. The first kappa shape index (κ1) is 22.5. The number of benzene rings is 1. The van der Waals surface area contributed by atoms with Gasteiger partial charge in [0.1, 0.15) is 12.5 Å². The zero-order valence-corrected chi connectivity index (χ0v) is 14.8. The van der Waals surface area contributed by atoms with Crippen LogP contribution < -0.4 is 10.6 Å². The maximum Gasteiger partial charge on any atom is 0.418 e. The molecule has 1 aromatic heterocycles. The van der Waals surface area contributed by atoms with Crippen LogP contribution in [0.5, 0.6) is 0 Å². The van der Waals surface area contributed by atoms with Crippen LogP contribution in [0.1, 0.15) is 12.0 Å². The van der Waals surface area contributed by atoms with E-state index in [1.807, 2.05) is 5.32 Å². The Morgan fingerprint density at radius 1 is 1.22 bits per heavy atom. The molecule has 0 atom stereocenters. The summed E-state index contributed by atoms with van der Waals surface area (Å²) in [5.74, 6) is -1.33. The van der Waals surface area contributed by atoms with Crippen molar-refractivity contribution in [3.63, 3.8) is 0 Å². The van der Waals surface area contributed by atoms with Crippen molar-refractivity contribution in [2.24, 2.45) is 0 Å². The summed E-state index contributed by atoms with van der Waals surface area (Å²) in [5.41, 5.74) is -1.32. The van der Waals surface area contributed by atoms with Gasteiger partial charge >= 0.3 is 12.2 Å². The van der Waals surface area contributed by atoms with Crippen LogP contribution in [-0.4, -0.2) is 27.9 Å². The maximum absolute atomic E-state index is 12.5. The summed E-state index contributed by atoms with van der Waals surface area (Å²) in [7, 11) is 0. The largest absolute Gasteiger partial charge is 0.432 e. The van der Waals surface area contributed by atoms with Crippen LogP contribution in [0, 0.1) is 0 Å². The second kappa shape index (κ2) is 10.5. The molecule has 0 unspecified atom stereocenters. The van der Waals surface area contributed by atoms with Gasteiger partial charge in [-0.15, -0.1) is 0 Å². The lowest BCUT2D eigenvalue weighted by molar-refractivity contribution is -0.137. The highest BCUT2D eigenvalue weighted by Crippen LogP contribution is 2.34. The van der Waals surface area contributed by atoms with Crippen LogP contribution in [0.3, 0.4) is 0 Å². The molecule has 1 heterocycles. The molecule has 0 aliphatic rings. The third-order valence-corrected chi connectivity index (χ3v) is 3.03. The van der Waals surface area contributed by atoms with Gasteiger partial charge in [-0.25, -0.2) is 4.98 Å². The molecule has 0 radical (unpaired) electrons. The van der Waals surface area contributed by atoms with E-state index in [0.717, 1.165) is 12.1 Å².